The van der Waals surface area contributed by atoms with Gasteiger partial charge in [-0.1, -0.05) is 13.0 Å². The Kier molecular flexibility index (Phi) is 5.24. The van der Waals surface area contributed by atoms with Crippen LogP contribution in [-0.2, 0) is 21.3 Å². The molecule has 3 aliphatic rings. The van der Waals surface area contributed by atoms with Crippen molar-refractivity contribution < 1.29 is 69.1 Å². The predicted octanol–water partition coefficient (Wildman–Crippen LogP) is 0.0199. The van der Waals surface area contributed by atoms with Gasteiger partial charge in [0.25, 0.3) is 0 Å². The molecule has 24 heavy (non-hydrogen) atoms. The number of fused-ring (bicyclic) bond motifs is 5. The topological polar surface area (TPSA) is 74.3 Å². The molecule has 0 spiro atoms. The molecule has 6 heteroatoms. The third-order valence-electron chi connectivity index (χ3n) is 6.70. The van der Waals surface area contributed by atoms with E-state index in [1.807, 2.05) is 6.07 Å². The zero-order valence-electron chi connectivity index (χ0n) is 14.2. The van der Waals surface area contributed by atoms with Gasteiger partial charge in [0.1, 0.15) is 15.9 Å². The average molecular weight is 373 g/mol. The molecule has 1 aromatic carbocycles. The molecule has 4 atom stereocenters. The SMILES string of the molecule is C[C@]12CC[C@@H]3c4ccc(S(=O)(=O)[O-])cc4CC[C@H]3[C@@H]1CCC2=O.[K+]. The molecule has 0 unspecified atom stereocenters. The van der Waals surface area contributed by atoms with Crippen LogP contribution in [0.1, 0.15) is 56.1 Å². The average Bonchev–Trinajstić information content (AvgIpc) is 2.81. The van der Waals surface area contributed by atoms with Crippen molar-refractivity contribution in [2.75, 3.05) is 0 Å². The van der Waals surface area contributed by atoms with Gasteiger partial charge < -0.3 is 4.55 Å². The number of carbonyl (C=O) groups excluding carboxylic acids is 1. The summed E-state index contributed by atoms with van der Waals surface area (Å²) in [5, 5.41) is 0. The largest absolute Gasteiger partial charge is 1.00 e. The van der Waals surface area contributed by atoms with Gasteiger partial charge in [0.05, 0.1) is 4.90 Å². The Morgan fingerprint density at radius 2 is 1.92 bits per heavy atom. The number of aryl methyl sites for hydroxylation is 1. The van der Waals surface area contributed by atoms with E-state index in [0.717, 1.165) is 37.7 Å². The molecule has 4 nitrogen and oxygen atoms in total. The van der Waals surface area contributed by atoms with Gasteiger partial charge in [-0.05, 0) is 73.1 Å². The van der Waals surface area contributed by atoms with Crippen molar-refractivity contribution in [2.24, 2.45) is 17.3 Å². The van der Waals surface area contributed by atoms with Crippen LogP contribution in [-0.4, -0.2) is 18.8 Å². The van der Waals surface area contributed by atoms with Crippen molar-refractivity contribution in [1.82, 2.24) is 0 Å². The van der Waals surface area contributed by atoms with Crippen LogP contribution < -0.4 is 51.4 Å². The first-order chi connectivity index (χ1) is 10.8. The molecule has 2 saturated carbocycles. The zero-order chi connectivity index (χ0) is 16.4. The summed E-state index contributed by atoms with van der Waals surface area (Å²) in [7, 11) is -4.39. The minimum Gasteiger partial charge on any atom is -0.744 e. The van der Waals surface area contributed by atoms with E-state index in [0.29, 0.717) is 30.0 Å². The van der Waals surface area contributed by atoms with Crippen molar-refractivity contribution in [3.05, 3.63) is 29.3 Å². The van der Waals surface area contributed by atoms with Crippen LogP contribution in [0.15, 0.2) is 23.1 Å². The fourth-order valence-electron chi connectivity index (χ4n) is 5.49. The Labute approximate surface area is 186 Å². The molecule has 0 heterocycles. The monoisotopic (exact) mass is 372 g/mol. The van der Waals surface area contributed by atoms with Gasteiger partial charge in [-0.25, -0.2) is 8.42 Å². The maximum atomic E-state index is 12.3. The molecular formula is C18H21KO4S. The van der Waals surface area contributed by atoms with E-state index in [1.165, 1.54) is 11.6 Å². The first-order valence-electron chi connectivity index (χ1n) is 8.43. The second-order valence-electron chi connectivity index (χ2n) is 7.65. The number of hydrogen-bond acceptors (Lipinski definition) is 4. The van der Waals surface area contributed by atoms with Gasteiger partial charge in [-0.15, -0.1) is 0 Å². The zero-order valence-corrected chi connectivity index (χ0v) is 18.2. The van der Waals surface area contributed by atoms with Gasteiger partial charge in [-0.2, -0.15) is 0 Å². The summed E-state index contributed by atoms with van der Waals surface area (Å²) < 4.78 is 33.7. The van der Waals surface area contributed by atoms with Crippen LogP contribution in [0.25, 0.3) is 0 Å². The van der Waals surface area contributed by atoms with Crippen molar-refractivity contribution in [1.29, 1.82) is 0 Å². The molecule has 124 valence electrons. The van der Waals surface area contributed by atoms with Crippen LogP contribution in [0.4, 0.5) is 0 Å². The van der Waals surface area contributed by atoms with Crippen molar-refractivity contribution in [3.8, 4) is 0 Å². The van der Waals surface area contributed by atoms with E-state index in [2.05, 4.69) is 6.92 Å². The molecule has 0 saturated heterocycles. The summed E-state index contributed by atoms with van der Waals surface area (Å²) in [5.41, 5.74) is 2.07. The number of rotatable bonds is 1. The van der Waals surface area contributed by atoms with Gasteiger partial charge in [0.2, 0.25) is 0 Å². The second kappa shape index (κ2) is 6.55. The molecule has 0 amide bonds. The molecule has 0 aliphatic heterocycles. The van der Waals surface area contributed by atoms with Crippen LogP contribution in [0.3, 0.4) is 0 Å². The van der Waals surface area contributed by atoms with Gasteiger partial charge in [-0.3, -0.25) is 4.79 Å². The fraction of sp³-hybridized carbons (Fsp3) is 0.611. The van der Waals surface area contributed by atoms with E-state index in [-0.39, 0.29) is 61.7 Å². The molecule has 0 bridgehead atoms. The summed E-state index contributed by atoms with van der Waals surface area (Å²) >= 11 is 0. The van der Waals surface area contributed by atoms with Gasteiger partial charge in [0, 0.05) is 11.8 Å². The Bertz CT molecular complexity index is 788. The number of hydrogen-bond donors (Lipinski definition) is 0. The van der Waals surface area contributed by atoms with Crippen molar-refractivity contribution in [2.45, 2.75) is 56.3 Å². The minimum atomic E-state index is -4.39. The predicted molar refractivity (Wildman–Crippen MR) is 84.0 cm³/mol. The van der Waals surface area contributed by atoms with E-state index < -0.39 is 10.1 Å². The van der Waals surface area contributed by atoms with E-state index in [9.17, 15) is 17.8 Å². The Morgan fingerprint density at radius 1 is 1.17 bits per heavy atom. The maximum Gasteiger partial charge on any atom is 1.00 e. The number of carbonyl (C=O) groups is 1. The Balaban J connectivity index is 0.00000169. The molecule has 2 fully saturated rings. The third-order valence-corrected chi connectivity index (χ3v) is 7.53. The molecule has 0 N–H and O–H groups in total. The summed E-state index contributed by atoms with van der Waals surface area (Å²) in [4.78, 5) is 12.2. The minimum absolute atomic E-state index is 0. The van der Waals surface area contributed by atoms with Crippen LogP contribution in [0.2, 0.25) is 0 Å². The fourth-order valence-corrected chi connectivity index (χ4v) is 6.01. The van der Waals surface area contributed by atoms with Crippen LogP contribution >= 0.6 is 0 Å². The molecule has 4 rings (SSSR count). The van der Waals surface area contributed by atoms with E-state index >= 15 is 0 Å². The number of Topliss-reactive ketones (excluding diaryl/α,β-unsaturated/α-hetero) is 1. The van der Waals surface area contributed by atoms with Crippen LogP contribution in [0.5, 0.6) is 0 Å². The summed E-state index contributed by atoms with van der Waals surface area (Å²) in [5.74, 6) is 1.82. The van der Waals surface area contributed by atoms with Crippen LogP contribution in [0, 0.1) is 17.3 Å². The van der Waals surface area contributed by atoms with E-state index in [1.54, 1.807) is 6.07 Å². The van der Waals surface area contributed by atoms with Gasteiger partial charge >= 0.3 is 51.4 Å². The quantitative estimate of drug-likeness (QED) is 0.515. The molecule has 0 aromatic heterocycles. The number of ketones is 1. The first-order valence-corrected chi connectivity index (χ1v) is 9.83. The molecule has 3 aliphatic carbocycles. The van der Waals surface area contributed by atoms with Crippen molar-refractivity contribution in [3.63, 3.8) is 0 Å². The first kappa shape index (κ1) is 19.2. The van der Waals surface area contributed by atoms with E-state index in [4.69, 9.17) is 0 Å². The van der Waals surface area contributed by atoms with Crippen molar-refractivity contribution >= 4 is 15.9 Å². The second-order valence-corrected chi connectivity index (χ2v) is 9.03. The number of benzene rings is 1. The van der Waals surface area contributed by atoms with Gasteiger partial charge in [0.15, 0.2) is 0 Å². The standard InChI is InChI=1S/C18H22O4S.K/c1-18-9-8-14-13-5-3-12(23(20,21)22)10-11(13)2-4-15(14)16(18)6-7-17(18)19;/h3,5,10,14-16H,2,4,6-9H2,1H3,(H,20,21,22);/q;+1/p-1/t14-,15-,16+,18+;/m1./s1. The summed E-state index contributed by atoms with van der Waals surface area (Å²) in [6.45, 7) is 2.14. The normalized spacial score (nSPS) is 34.8. The molecule has 1 aromatic rings. The third kappa shape index (κ3) is 2.92. The maximum absolute atomic E-state index is 12.3. The molecular weight excluding hydrogens is 351 g/mol. The Hall–Kier alpha value is 0.436. The summed E-state index contributed by atoms with van der Waals surface area (Å²) in [6.07, 6.45) is 5.43. The summed E-state index contributed by atoms with van der Waals surface area (Å²) in [6, 6.07) is 4.87. The Morgan fingerprint density at radius 3 is 2.62 bits per heavy atom. The smallest absolute Gasteiger partial charge is 0.744 e. The molecule has 0 radical (unpaired) electrons.